The highest BCUT2D eigenvalue weighted by Gasteiger charge is 2.28. The molecule has 0 saturated carbocycles. The van der Waals surface area contributed by atoms with E-state index in [-0.39, 0.29) is 18.1 Å². The molecule has 9 heteroatoms. The van der Waals surface area contributed by atoms with E-state index in [0.29, 0.717) is 11.5 Å². The lowest BCUT2D eigenvalue weighted by molar-refractivity contribution is 0.395. The van der Waals surface area contributed by atoms with Gasteiger partial charge in [-0.15, -0.1) is 0 Å². The fourth-order valence-corrected chi connectivity index (χ4v) is 4.29. The first-order valence-corrected chi connectivity index (χ1v) is 11.0. The second-order valence-corrected chi connectivity index (χ2v) is 8.79. The van der Waals surface area contributed by atoms with E-state index in [1.165, 1.54) is 21.3 Å². The lowest BCUT2D eigenvalue weighted by Crippen LogP contribution is -2.30. The number of sulfonamides is 1. The van der Waals surface area contributed by atoms with Crippen LogP contribution in [-0.2, 0) is 23.1 Å². The van der Waals surface area contributed by atoms with E-state index in [2.05, 4.69) is 5.10 Å². The van der Waals surface area contributed by atoms with Crippen LogP contribution in [-0.4, -0.2) is 36.7 Å². The Kier molecular flexibility index (Phi) is 6.95. The van der Waals surface area contributed by atoms with E-state index in [1.807, 2.05) is 30.3 Å². The van der Waals surface area contributed by atoms with Crippen molar-refractivity contribution in [3.05, 3.63) is 71.9 Å². The molecule has 0 saturated heterocycles. The van der Waals surface area contributed by atoms with E-state index >= 15 is 0 Å². The number of methoxy groups -OCH3 is 2. The molecular formula is C22H24N4O4S. The van der Waals surface area contributed by atoms with Gasteiger partial charge in [0.1, 0.15) is 17.5 Å². The number of hydrogen-bond donors (Lipinski definition) is 0. The third-order valence-corrected chi connectivity index (χ3v) is 6.49. The van der Waals surface area contributed by atoms with Gasteiger partial charge in [0.05, 0.1) is 20.3 Å². The molecule has 1 unspecified atom stereocenters. The smallest absolute Gasteiger partial charge is 0.262 e. The number of nitriles is 1. The van der Waals surface area contributed by atoms with Crippen LogP contribution in [0.15, 0.2) is 65.8 Å². The standard InChI is InChI=1S/C22H24N4O4S/c1-17(14-23)26-13-12-22(24-26)31(27,28)25(15-18-4-8-20(29-2)9-5-18)16-19-6-10-21(30-3)11-7-19/h4-13,17H,15-16H2,1-3H3. The average molecular weight is 441 g/mol. The van der Waals surface area contributed by atoms with Gasteiger partial charge >= 0.3 is 0 Å². The minimum Gasteiger partial charge on any atom is -0.497 e. The van der Waals surface area contributed by atoms with E-state index in [4.69, 9.17) is 14.7 Å². The maximum atomic E-state index is 13.4. The van der Waals surface area contributed by atoms with Crippen molar-refractivity contribution in [3.63, 3.8) is 0 Å². The highest BCUT2D eigenvalue weighted by molar-refractivity contribution is 7.89. The average Bonchev–Trinajstić information content (AvgIpc) is 3.30. The minimum absolute atomic E-state index is 0.100. The molecule has 0 N–H and O–H groups in total. The zero-order valence-corrected chi connectivity index (χ0v) is 18.4. The van der Waals surface area contributed by atoms with Gasteiger partial charge in [-0.3, -0.25) is 4.68 Å². The van der Waals surface area contributed by atoms with E-state index in [0.717, 1.165) is 11.1 Å². The summed E-state index contributed by atoms with van der Waals surface area (Å²) in [5, 5.41) is 13.1. The summed E-state index contributed by atoms with van der Waals surface area (Å²) in [5.41, 5.74) is 1.62. The summed E-state index contributed by atoms with van der Waals surface area (Å²) < 4.78 is 39.9. The molecule has 0 bridgehead atoms. The van der Waals surface area contributed by atoms with Crippen LogP contribution in [0.2, 0.25) is 0 Å². The summed E-state index contributed by atoms with van der Waals surface area (Å²) in [7, 11) is -0.765. The van der Waals surface area contributed by atoms with Gasteiger partial charge in [0.2, 0.25) is 0 Å². The Hall–Kier alpha value is -3.35. The van der Waals surface area contributed by atoms with Crippen molar-refractivity contribution in [2.75, 3.05) is 14.2 Å². The molecule has 3 rings (SSSR count). The maximum absolute atomic E-state index is 13.4. The lowest BCUT2D eigenvalue weighted by Gasteiger charge is -2.21. The van der Waals surface area contributed by atoms with E-state index in [1.54, 1.807) is 45.4 Å². The number of rotatable bonds is 9. The molecule has 31 heavy (non-hydrogen) atoms. The summed E-state index contributed by atoms with van der Waals surface area (Å²) in [6.45, 7) is 1.95. The first-order chi connectivity index (χ1) is 14.9. The van der Waals surface area contributed by atoms with Crippen LogP contribution in [0.4, 0.5) is 0 Å². The fraction of sp³-hybridized carbons (Fsp3) is 0.273. The molecule has 8 nitrogen and oxygen atoms in total. The van der Waals surface area contributed by atoms with Crippen LogP contribution in [0.5, 0.6) is 11.5 Å². The Morgan fingerprint density at radius 2 is 1.45 bits per heavy atom. The van der Waals surface area contributed by atoms with Gasteiger partial charge in [-0.2, -0.15) is 14.7 Å². The Bertz CT molecular complexity index is 1100. The molecule has 3 aromatic rings. The lowest BCUT2D eigenvalue weighted by atomic mass is 10.2. The highest BCUT2D eigenvalue weighted by Crippen LogP contribution is 2.23. The maximum Gasteiger partial charge on any atom is 0.262 e. The van der Waals surface area contributed by atoms with Gasteiger partial charge < -0.3 is 9.47 Å². The number of benzene rings is 2. The molecule has 0 radical (unpaired) electrons. The summed E-state index contributed by atoms with van der Waals surface area (Å²) in [5.74, 6) is 1.38. The van der Waals surface area contributed by atoms with Crippen LogP contribution >= 0.6 is 0 Å². The predicted molar refractivity (Wildman–Crippen MR) is 115 cm³/mol. The first kappa shape index (κ1) is 22.3. The van der Waals surface area contributed by atoms with Gasteiger partial charge in [-0.25, -0.2) is 8.42 Å². The molecule has 0 aliphatic carbocycles. The van der Waals surface area contributed by atoms with Crippen LogP contribution in [0.1, 0.15) is 24.1 Å². The number of aromatic nitrogens is 2. The Morgan fingerprint density at radius 3 is 1.87 bits per heavy atom. The molecule has 0 aliphatic rings. The number of hydrogen-bond acceptors (Lipinski definition) is 6. The fourth-order valence-electron chi connectivity index (χ4n) is 2.96. The molecular weight excluding hydrogens is 416 g/mol. The topological polar surface area (TPSA) is 97.5 Å². The molecule has 1 aromatic heterocycles. The SMILES string of the molecule is COc1ccc(CN(Cc2ccc(OC)cc2)S(=O)(=O)c2ccn(C(C)C#N)n2)cc1. The van der Waals surface area contributed by atoms with Crippen molar-refractivity contribution in [1.82, 2.24) is 14.1 Å². The van der Waals surface area contributed by atoms with Crippen molar-refractivity contribution >= 4 is 10.0 Å². The molecule has 1 heterocycles. The second kappa shape index (κ2) is 9.64. The monoisotopic (exact) mass is 440 g/mol. The molecule has 0 aliphatic heterocycles. The van der Waals surface area contributed by atoms with E-state index < -0.39 is 16.1 Å². The van der Waals surface area contributed by atoms with Gasteiger partial charge in [0.15, 0.2) is 5.03 Å². The van der Waals surface area contributed by atoms with Crippen LogP contribution < -0.4 is 9.47 Å². The van der Waals surface area contributed by atoms with Crippen molar-refractivity contribution in [2.45, 2.75) is 31.1 Å². The quantitative estimate of drug-likeness (QED) is 0.506. The Balaban J connectivity index is 1.94. The van der Waals surface area contributed by atoms with Gasteiger partial charge in [0.25, 0.3) is 10.0 Å². The van der Waals surface area contributed by atoms with Gasteiger partial charge in [-0.05, 0) is 48.4 Å². The highest BCUT2D eigenvalue weighted by atomic mass is 32.2. The molecule has 0 fully saturated rings. The zero-order valence-electron chi connectivity index (χ0n) is 17.6. The molecule has 162 valence electrons. The normalized spacial score (nSPS) is 12.4. The molecule has 0 amide bonds. The van der Waals surface area contributed by atoms with Crippen molar-refractivity contribution in [3.8, 4) is 17.6 Å². The van der Waals surface area contributed by atoms with E-state index in [9.17, 15) is 8.42 Å². The molecule has 1 atom stereocenters. The van der Waals surface area contributed by atoms with Crippen molar-refractivity contribution in [2.24, 2.45) is 0 Å². The number of nitrogens with zero attached hydrogens (tertiary/aromatic N) is 4. The summed E-state index contributed by atoms with van der Waals surface area (Å²) in [4.78, 5) is 0. The van der Waals surface area contributed by atoms with Crippen LogP contribution in [0.25, 0.3) is 0 Å². The predicted octanol–water partition coefficient (Wildman–Crippen LogP) is 3.38. The second-order valence-electron chi connectivity index (χ2n) is 6.91. The largest absolute Gasteiger partial charge is 0.497 e. The Labute approximate surface area is 182 Å². The summed E-state index contributed by atoms with van der Waals surface area (Å²) in [6, 6.07) is 17.3. The van der Waals surface area contributed by atoms with Crippen LogP contribution in [0, 0.1) is 11.3 Å². The Morgan fingerprint density at radius 1 is 0.968 bits per heavy atom. The van der Waals surface area contributed by atoms with Gasteiger partial charge in [-0.1, -0.05) is 24.3 Å². The van der Waals surface area contributed by atoms with Crippen molar-refractivity contribution < 1.29 is 17.9 Å². The molecule has 0 spiro atoms. The number of ether oxygens (including phenoxy) is 2. The summed E-state index contributed by atoms with van der Waals surface area (Å²) >= 11 is 0. The van der Waals surface area contributed by atoms with Crippen molar-refractivity contribution in [1.29, 1.82) is 5.26 Å². The van der Waals surface area contributed by atoms with Gasteiger partial charge in [0, 0.05) is 19.3 Å². The first-order valence-electron chi connectivity index (χ1n) is 9.58. The van der Waals surface area contributed by atoms with Crippen LogP contribution in [0.3, 0.4) is 0 Å². The zero-order chi connectivity index (χ0) is 22.4. The summed E-state index contributed by atoms with van der Waals surface area (Å²) in [6.07, 6.45) is 1.50. The third-order valence-electron chi connectivity index (χ3n) is 4.81. The minimum atomic E-state index is -3.92. The molecule has 2 aromatic carbocycles. The third kappa shape index (κ3) is 5.23.